The summed E-state index contributed by atoms with van der Waals surface area (Å²) in [5.74, 6) is -0.636. The van der Waals surface area contributed by atoms with Gasteiger partial charge in [0.05, 0.1) is 46.2 Å². The lowest BCUT2D eigenvalue weighted by atomic mass is 10.3. The Labute approximate surface area is 142 Å². The van der Waals surface area contributed by atoms with Gasteiger partial charge < -0.3 is 19.5 Å². The first-order valence-corrected chi connectivity index (χ1v) is 8.07. The number of nitrogens with zero attached hydrogens (tertiary/aromatic N) is 1. The number of carbonyl (C=O) groups excluding carboxylic acids is 3. The molecule has 3 amide bonds. The fraction of sp³-hybridized carbons (Fsp3) is 0.688. The normalized spacial score (nSPS) is 14.0. The average Bonchev–Trinajstić information content (AvgIpc) is 2.83. The molecule has 0 radical (unpaired) electrons. The third-order valence-electron chi connectivity index (χ3n) is 3.03. The van der Waals surface area contributed by atoms with Crippen LogP contribution in [0.4, 0.5) is 0 Å². The van der Waals surface area contributed by atoms with Crippen LogP contribution in [0.25, 0.3) is 0 Å². The van der Waals surface area contributed by atoms with Crippen molar-refractivity contribution in [3.8, 4) is 0 Å². The summed E-state index contributed by atoms with van der Waals surface area (Å²) in [4.78, 5) is 35.0. The summed E-state index contributed by atoms with van der Waals surface area (Å²) in [6.07, 6.45) is 2.83. The van der Waals surface area contributed by atoms with E-state index in [1.165, 1.54) is 12.2 Å². The molecule has 0 saturated heterocycles. The van der Waals surface area contributed by atoms with E-state index in [0.29, 0.717) is 39.5 Å². The molecule has 136 valence electrons. The van der Waals surface area contributed by atoms with Gasteiger partial charge in [-0.1, -0.05) is 0 Å². The minimum absolute atomic E-state index is 0.0236. The lowest BCUT2D eigenvalue weighted by Gasteiger charge is -2.13. The van der Waals surface area contributed by atoms with E-state index in [9.17, 15) is 14.4 Å². The van der Waals surface area contributed by atoms with Crippen molar-refractivity contribution < 1.29 is 28.6 Å². The van der Waals surface area contributed by atoms with E-state index in [-0.39, 0.29) is 36.9 Å². The van der Waals surface area contributed by atoms with Gasteiger partial charge in [0.1, 0.15) is 0 Å². The molecule has 1 N–H and O–H groups in total. The third-order valence-corrected chi connectivity index (χ3v) is 3.03. The SMILES string of the molecule is CC(C)NC(=O)CCOCCOCCOCCN1C(=O)C=CC1=O. The molecule has 24 heavy (non-hydrogen) atoms. The van der Waals surface area contributed by atoms with Crippen molar-refractivity contribution in [3.05, 3.63) is 12.2 Å². The topological polar surface area (TPSA) is 94.2 Å². The predicted octanol–water partition coefficient (Wildman–Crippen LogP) is -0.124. The molecule has 1 aliphatic rings. The molecule has 0 aromatic heterocycles. The zero-order chi connectivity index (χ0) is 17.8. The highest BCUT2D eigenvalue weighted by atomic mass is 16.5. The van der Waals surface area contributed by atoms with Crippen LogP contribution in [0.3, 0.4) is 0 Å². The summed E-state index contributed by atoms with van der Waals surface area (Å²) in [5, 5.41) is 2.78. The largest absolute Gasteiger partial charge is 0.379 e. The Bertz CT molecular complexity index is 432. The zero-order valence-corrected chi connectivity index (χ0v) is 14.3. The predicted molar refractivity (Wildman–Crippen MR) is 86.2 cm³/mol. The fourth-order valence-corrected chi connectivity index (χ4v) is 1.91. The van der Waals surface area contributed by atoms with Crippen LogP contribution in [0.15, 0.2) is 12.2 Å². The molecule has 1 rings (SSSR count). The van der Waals surface area contributed by atoms with Crippen molar-refractivity contribution in [3.63, 3.8) is 0 Å². The zero-order valence-electron chi connectivity index (χ0n) is 14.3. The van der Waals surface area contributed by atoms with Crippen molar-refractivity contribution >= 4 is 17.7 Å². The molecule has 0 bridgehead atoms. The third kappa shape index (κ3) is 8.76. The number of carbonyl (C=O) groups is 3. The van der Waals surface area contributed by atoms with Crippen molar-refractivity contribution in [2.24, 2.45) is 0 Å². The van der Waals surface area contributed by atoms with Gasteiger partial charge in [-0.2, -0.15) is 0 Å². The van der Waals surface area contributed by atoms with Gasteiger partial charge in [0, 0.05) is 24.6 Å². The molecule has 0 fully saturated rings. The molecule has 8 nitrogen and oxygen atoms in total. The number of ether oxygens (including phenoxy) is 3. The van der Waals surface area contributed by atoms with Gasteiger partial charge >= 0.3 is 0 Å². The Kier molecular flexibility index (Phi) is 9.90. The summed E-state index contributed by atoms with van der Waals surface area (Å²) < 4.78 is 15.9. The van der Waals surface area contributed by atoms with Crippen LogP contribution >= 0.6 is 0 Å². The molecule has 0 unspecified atom stereocenters. The first-order chi connectivity index (χ1) is 11.5. The van der Waals surface area contributed by atoms with Gasteiger partial charge in [-0.25, -0.2) is 0 Å². The standard InChI is InChI=1S/C16H26N2O6/c1-13(2)17-14(19)5-7-22-9-11-24-12-10-23-8-6-18-15(20)3-4-16(18)21/h3-4,13H,5-12H2,1-2H3,(H,17,19). The van der Waals surface area contributed by atoms with Gasteiger partial charge in [0.2, 0.25) is 5.91 Å². The van der Waals surface area contributed by atoms with Gasteiger partial charge in [-0.3, -0.25) is 19.3 Å². The maximum atomic E-state index is 11.3. The quantitative estimate of drug-likeness (QED) is 0.370. The van der Waals surface area contributed by atoms with Crippen LogP contribution in [-0.2, 0) is 28.6 Å². The van der Waals surface area contributed by atoms with Crippen molar-refractivity contribution in [2.45, 2.75) is 26.3 Å². The second-order valence-electron chi connectivity index (χ2n) is 5.47. The van der Waals surface area contributed by atoms with Gasteiger partial charge in [0.15, 0.2) is 0 Å². The minimum atomic E-state index is -0.306. The first kappa shape index (κ1) is 20.3. The fourth-order valence-electron chi connectivity index (χ4n) is 1.91. The van der Waals surface area contributed by atoms with E-state index in [0.717, 1.165) is 4.90 Å². The molecule has 0 aromatic carbocycles. The van der Waals surface area contributed by atoms with Crippen LogP contribution in [0.5, 0.6) is 0 Å². The smallest absolute Gasteiger partial charge is 0.253 e. The Morgan fingerprint density at radius 3 is 2.00 bits per heavy atom. The highest BCUT2D eigenvalue weighted by molar-refractivity contribution is 6.12. The van der Waals surface area contributed by atoms with Crippen LogP contribution in [-0.4, -0.2) is 74.8 Å². The van der Waals surface area contributed by atoms with Crippen LogP contribution < -0.4 is 5.32 Å². The van der Waals surface area contributed by atoms with Crippen LogP contribution in [0.1, 0.15) is 20.3 Å². The van der Waals surface area contributed by atoms with Crippen molar-refractivity contribution in [2.75, 3.05) is 46.2 Å². The molecular weight excluding hydrogens is 316 g/mol. The monoisotopic (exact) mass is 342 g/mol. The minimum Gasteiger partial charge on any atom is -0.379 e. The van der Waals surface area contributed by atoms with Gasteiger partial charge in [-0.15, -0.1) is 0 Å². The Hall–Kier alpha value is -1.77. The van der Waals surface area contributed by atoms with Crippen LogP contribution in [0.2, 0.25) is 0 Å². The maximum absolute atomic E-state index is 11.3. The Balaban J connectivity index is 1.83. The molecule has 0 aromatic rings. The molecular formula is C16H26N2O6. The second kappa shape index (κ2) is 11.7. The molecule has 1 aliphatic heterocycles. The van der Waals surface area contributed by atoms with Crippen molar-refractivity contribution in [1.82, 2.24) is 10.2 Å². The van der Waals surface area contributed by atoms with Gasteiger partial charge in [-0.05, 0) is 13.8 Å². The summed E-state index contributed by atoms with van der Waals surface area (Å²) >= 11 is 0. The lowest BCUT2D eigenvalue weighted by molar-refractivity contribution is -0.137. The molecule has 0 aliphatic carbocycles. The van der Waals surface area contributed by atoms with Crippen molar-refractivity contribution in [1.29, 1.82) is 0 Å². The molecule has 0 atom stereocenters. The lowest BCUT2D eigenvalue weighted by Crippen LogP contribution is -2.33. The van der Waals surface area contributed by atoms with E-state index in [4.69, 9.17) is 14.2 Å². The maximum Gasteiger partial charge on any atom is 0.253 e. The van der Waals surface area contributed by atoms with E-state index in [1.807, 2.05) is 13.8 Å². The number of imide groups is 1. The summed E-state index contributed by atoms with van der Waals surface area (Å²) in [6, 6.07) is 0.138. The first-order valence-electron chi connectivity index (χ1n) is 8.07. The van der Waals surface area contributed by atoms with E-state index in [1.54, 1.807) is 0 Å². The Morgan fingerprint density at radius 1 is 0.958 bits per heavy atom. The molecule has 1 heterocycles. The summed E-state index contributed by atoms with van der Waals surface area (Å²) in [6.45, 7) is 6.32. The second-order valence-corrected chi connectivity index (χ2v) is 5.47. The molecule has 0 saturated carbocycles. The highest BCUT2D eigenvalue weighted by Gasteiger charge is 2.22. The molecule has 8 heteroatoms. The summed E-state index contributed by atoms with van der Waals surface area (Å²) in [7, 11) is 0. The van der Waals surface area contributed by atoms with Gasteiger partial charge in [0.25, 0.3) is 11.8 Å². The number of hydrogen-bond donors (Lipinski definition) is 1. The van der Waals surface area contributed by atoms with E-state index in [2.05, 4.69) is 5.32 Å². The summed E-state index contributed by atoms with van der Waals surface area (Å²) in [5.41, 5.74) is 0. The number of hydrogen-bond acceptors (Lipinski definition) is 6. The Morgan fingerprint density at radius 2 is 1.46 bits per heavy atom. The number of rotatable bonds is 13. The average molecular weight is 342 g/mol. The van der Waals surface area contributed by atoms with E-state index < -0.39 is 0 Å². The molecule has 0 spiro atoms. The van der Waals surface area contributed by atoms with Crippen LogP contribution in [0, 0.1) is 0 Å². The van der Waals surface area contributed by atoms with E-state index >= 15 is 0 Å². The number of nitrogens with one attached hydrogen (secondary N) is 1. The highest BCUT2D eigenvalue weighted by Crippen LogP contribution is 2.02. The number of amides is 3.